The molecule has 1 heterocycles. The second-order valence-electron chi connectivity index (χ2n) is 5.05. The van der Waals surface area contributed by atoms with Gasteiger partial charge in [-0.25, -0.2) is 0 Å². The van der Waals surface area contributed by atoms with Crippen molar-refractivity contribution in [1.29, 1.82) is 0 Å². The average Bonchev–Trinajstić information content (AvgIpc) is 2.91. The van der Waals surface area contributed by atoms with Crippen LogP contribution in [0.25, 0.3) is 0 Å². The van der Waals surface area contributed by atoms with Gasteiger partial charge in [-0.1, -0.05) is 12.1 Å². The molecule has 1 fully saturated rings. The van der Waals surface area contributed by atoms with Gasteiger partial charge in [-0.3, -0.25) is 4.79 Å². The van der Waals surface area contributed by atoms with E-state index in [1.807, 2.05) is 23.9 Å². The molecule has 5 heteroatoms. The number of rotatable bonds is 7. The van der Waals surface area contributed by atoms with Crippen LogP contribution in [-0.4, -0.2) is 36.0 Å². The Morgan fingerprint density at radius 1 is 1.45 bits per heavy atom. The molecule has 20 heavy (non-hydrogen) atoms. The Kier molecular flexibility index (Phi) is 5.73. The summed E-state index contributed by atoms with van der Waals surface area (Å²) in [4.78, 5) is 10.6. The van der Waals surface area contributed by atoms with Gasteiger partial charge in [0.05, 0.1) is 7.11 Å². The van der Waals surface area contributed by atoms with E-state index >= 15 is 0 Å². The third kappa shape index (κ3) is 4.72. The number of ether oxygens (including phenoxy) is 1. The van der Waals surface area contributed by atoms with E-state index < -0.39 is 5.97 Å². The Bertz CT molecular complexity index is 435. The molecule has 1 aliphatic heterocycles. The lowest BCUT2D eigenvalue weighted by atomic mass is 10.1. The molecule has 1 aliphatic rings. The van der Waals surface area contributed by atoms with Gasteiger partial charge in [0.25, 0.3) is 0 Å². The van der Waals surface area contributed by atoms with E-state index in [0.717, 1.165) is 30.9 Å². The molecule has 4 nitrogen and oxygen atoms in total. The van der Waals surface area contributed by atoms with Crippen LogP contribution < -0.4 is 10.1 Å². The summed E-state index contributed by atoms with van der Waals surface area (Å²) in [6.45, 7) is 0.977. The minimum atomic E-state index is -0.707. The fraction of sp³-hybridized carbons (Fsp3) is 0.533. The lowest BCUT2D eigenvalue weighted by Crippen LogP contribution is -2.22. The van der Waals surface area contributed by atoms with Crippen molar-refractivity contribution in [2.24, 2.45) is 0 Å². The van der Waals surface area contributed by atoms with Crippen LogP contribution >= 0.6 is 11.8 Å². The summed E-state index contributed by atoms with van der Waals surface area (Å²) >= 11 is 1.94. The standard InChI is InChI=1S/C15H21NO3S/c1-19-13-5-2-11(3-6-13)10-20-14-8-12(16-9-14)4-7-15(17)18/h2-3,5-6,12,14,16H,4,7-10H2,1H3,(H,17,18)/t12-,14-/m1/s1. The third-order valence-electron chi connectivity index (χ3n) is 3.53. The first-order valence-electron chi connectivity index (χ1n) is 6.87. The number of hydrogen-bond donors (Lipinski definition) is 2. The van der Waals surface area contributed by atoms with Crippen LogP contribution in [0.15, 0.2) is 24.3 Å². The third-order valence-corrected chi connectivity index (χ3v) is 4.86. The summed E-state index contributed by atoms with van der Waals surface area (Å²) in [6.07, 6.45) is 2.05. The van der Waals surface area contributed by atoms with Gasteiger partial charge < -0.3 is 15.2 Å². The predicted octanol–water partition coefficient (Wildman–Crippen LogP) is 2.52. The maximum absolute atomic E-state index is 10.6. The van der Waals surface area contributed by atoms with Crippen molar-refractivity contribution < 1.29 is 14.6 Å². The molecule has 0 radical (unpaired) electrons. The number of carboxylic acids is 1. The van der Waals surface area contributed by atoms with Crippen LogP contribution in [0.2, 0.25) is 0 Å². The van der Waals surface area contributed by atoms with Crippen LogP contribution in [0.3, 0.4) is 0 Å². The summed E-state index contributed by atoms with van der Waals surface area (Å²) in [5, 5.41) is 12.7. The highest BCUT2D eigenvalue weighted by molar-refractivity contribution is 7.99. The number of thioether (sulfide) groups is 1. The molecule has 0 unspecified atom stereocenters. The van der Waals surface area contributed by atoms with Crippen molar-refractivity contribution in [1.82, 2.24) is 5.32 Å². The Balaban J connectivity index is 1.70. The molecule has 0 aliphatic carbocycles. The van der Waals surface area contributed by atoms with Crippen molar-refractivity contribution in [3.05, 3.63) is 29.8 Å². The minimum absolute atomic E-state index is 0.257. The van der Waals surface area contributed by atoms with Gasteiger partial charge in [0.1, 0.15) is 5.75 Å². The zero-order valence-electron chi connectivity index (χ0n) is 11.7. The van der Waals surface area contributed by atoms with Gasteiger partial charge in [-0.15, -0.1) is 0 Å². The van der Waals surface area contributed by atoms with E-state index in [0.29, 0.717) is 11.3 Å². The van der Waals surface area contributed by atoms with Crippen molar-refractivity contribution in [3.63, 3.8) is 0 Å². The number of carboxylic acid groups (broad SMARTS) is 1. The highest BCUT2D eigenvalue weighted by atomic mass is 32.2. The molecule has 0 saturated carbocycles. The lowest BCUT2D eigenvalue weighted by Gasteiger charge is -2.10. The van der Waals surface area contributed by atoms with E-state index in [1.54, 1.807) is 7.11 Å². The van der Waals surface area contributed by atoms with Crippen molar-refractivity contribution in [2.45, 2.75) is 36.3 Å². The summed E-state index contributed by atoms with van der Waals surface area (Å²) in [5.74, 6) is 1.17. The van der Waals surface area contributed by atoms with E-state index in [1.165, 1.54) is 5.56 Å². The maximum atomic E-state index is 10.6. The van der Waals surface area contributed by atoms with Crippen molar-refractivity contribution >= 4 is 17.7 Å². The number of methoxy groups -OCH3 is 1. The van der Waals surface area contributed by atoms with Crippen LogP contribution in [0.5, 0.6) is 5.75 Å². The molecule has 0 amide bonds. The van der Waals surface area contributed by atoms with Crippen LogP contribution in [0.1, 0.15) is 24.8 Å². The molecule has 2 rings (SSSR count). The molecule has 110 valence electrons. The fourth-order valence-electron chi connectivity index (χ4n) is 2.36. The quantitative estimate of drug-likeness (QED) is 0.809. The van der Waals surface area contributed by atoms with Gasteiger partial charge in [-0.2, -0.15) is 11.8 Å². The van der Waals surface area contributed by atoms with Crippen LogP contribution in [-0.2, 0) is 10.5 Å². The Morgan fingerprint density at radius 3 is 2.85 bits per heavy atom. The van der Waals surface area contributed by atoms with Crippen LogP contribution in [0, 0.1) is 0 Å². The zero-order chi connectivity index (χ0) is 14.4. The molecule has 1 aromatic carbocycles. The number of aliphatic carboxylic acids is 1. The second kappa shape index (κ2) is 7.55. The number of benzene rings is 1. The molecule has 0 aromatic heterocycles. The lowest BCUT2D eigenvalue weighted by molar-refractivity contribution is -0.137. The molecular formula is C15H21NO3S. The Hall–Kier alpha value is -1.20. The second-order valence-corrected chi connectivity index (χ2v) is 6.34. The van der Waals surface area contributed by atoms with E-state index in [4.69, 9.17) is 9.84 Å². The van der Waals surface area contributed by atoms with Gasteiger partial charge in [-0.05, 0) is 30.5 Å². The van der Waals surface area contributed by atoms with E-state index in [9.17, 15) is 4.79 Å². The normalized spacial score (nSPS) is 21.9. The first-order chi connectivity index (χ1) is 9.67. The molecule has 0 spiro atoms. The van der Waals surface area contributed by atoms with Gasteiger partial charge in [0.15, 0.2) is 0 Å². The highest BCUT2D eigenvalue weighted by Gasteiger charge is 2.24. The van der Waals surface area contributed by atoms with Gasteiger partial charge >= 0.3 is 5.97 Å². The first kappa shape index (κ1) is 15.2. The first-order valence-corrected chi connectivity index (χ1v) is 7.92. The molecular weight excluding hydrogens is 274 g/mol. The monoisotopic (exact) mass is 295 g/mol. The summed E-state index contributed by atoms with van der Waals surface area (Å²) in [5.41, 5.74) is 1.30. The van der Waals surface area contributed by atoms with Crippen LogP contribution in [0.4, 0.5) is 0 Å². The number of hydrogen-bond acceptors (Lipinski definition) is 4. The predicted molar refractivity (Wildman–Crippen MR) is 81.4 cm³/mol. The van der Waals surface area contributed by atoms with Crippen molar-refractivity contribution in [3.8, 4) is 5.75 Å². The van der Waals surface area contributed by atoms with E-state index in [-0.39, 0.29) is 6.42 Å². The van der Waals surface area contributed by atoms with E-state index in [2.05, 4.69) is 17.4 Å². The Labute approximate surface area is 123 Å². The largest absolute Gasteiger partial charge is 0.497 e. The SMILES string of the molecule is COc1ccc(CS[C@H]2CN[C@H](CCC(=O)O)C2)cc1. The van der Waals surface area contributed by atoms with Gasteiger partial charge in [0, 0.05) is 30.0 Å². The topological polar surface area (TPSA) is 58.6 Å². The van der Waals surface area contributed by atoms with Gasteiger partial charge in [0.2, 0.25) is 0 Å². The summed E-state index contributed by atoms with van der Waals surface area (Å²) in [7, 11) is 1.67. The minimum Gasteiger partial charge on any atom is -0.497 e. The number of nitrogens with one attached hydrogen (secondary N) is 1. The molecule has 2 atom stereocenters. The smallest absolute Gasteiger partial charge is 0.303 e. The molecule has 0 bridgehead atoms. The summed E-state index contributed by atoms with van der Waals surface area (Å²) in [6, 6.07) is 8.52. The highest BCUT2D eigenvalue weighted by Crippen LogP contribution is 2.26. The number of carbonyl (C=O) groups is 1. The zero-order valence-corrected chi connectivity index (χ0v) is 12.5. The molecule has 2 N–H and O–H groups in total. The molecule has 1 aromatic rings. The average molecular weight is 295 g/mol. The maximum Gasteiger partial charge on any atom is 0.303 e. The fourth-order valence-corrected chi connectivity index (χ4v) is 3.57. The Morgan fingerprint density at radius 2 is 2.20 bits per heavy atom. The molecule has 1 saturated heterocycles. The summed E-state index contributed by atoms with van der Waals surface area (Å²) < 4.78 is 5.14. The van der Waals surface area contributed by atoms with Crippen molar-refractivity contribution in [2.75, 3.05) is 13.7 Å².